The Morgan fingerprint density at radius 1 is 1.05 bits per heavy atom. The van der Waals surface area contributed by atoms with Gasteiger partial charge < -0.3 is 19.4 Å². The fourth-order valence-corrected chi connectivity index (χ4v) is 6.78. The van der Waals surface area contributed by atoms with Crippen molar-refractivity contribution < 1.29 is 14.4 Å². The smallest absolute Gasteiger partial charge is 0.318 e. The number of likely N-dealkylation sites (tertiary alicyclic amines) is 1. The summed E-state index contributed by atoms with van der Waals surface area (Å²) in [5.74, 6) is 0.937. The summed E-state index contributed by atoms with van der Waals surface area (Å²) >= 11 is 6.69. The minimum absolute atomic E-state index is 0.0333. The number of carbonyl (C=O) groups is 1. The number of hydrogen-bond donors (Lipinski definition) is 0. The number of benzene rings is 2. The van der Waals surface area contributed by atoms with Crippen molar-refractivity contribution in [1.82, 2.24) is 19.9 Å². The number of carbonyl (C=O) groups excluding carboxylic acids is 1. The molecule has 218 valence electrons. The van der Waals surface area contributed by atoms with Crippen molar-refractivity contribution in [3.63, 3.8) is 0 Å². The third-order valence-corrected chi connectivity index (χ3v) is 9.31. The lowest BCUT2D eigenvalue weighted by atomic mass is 9.95. The Bertz CT molecular complexity index is 1410. The van der Waals surface area contributed by atoms with Gasteiger partial charge in [0.05, 0.1) is 24.4 Å². The van der Waals surface area contributed by atoms with Crippen molar-refractivity contribution in [3.8, 4) is 6.01 Å². The van der Waals surface area contributed by atoms with Gasteiger partial charge in [0, 0.05) is 55.3 Å². The van der Waals surface area contributed by atoms with Crippen LogP contribution in [0.15, 0.2) is 36.4 Å². The van der Waals surface area contributed by atoms with E-state index in [1.54, 1.807) is 7.05 Å². The quantitative estimate of drug-likeness (QED) is 0.378. The summed E-state index contributed by atoms with van der Waals surface area (Å²) in [7, 11) is 5.36. The number of piperidine rings is 1. The van der Waals surface area contributed by atoms with Crippen LogP contribution >= 0.6 is 11.6 Å². The van der Waals surface area contributed by atoms with Gasteiger partial charge in [-0.2, -0.15) is 9.97 Å². The van der Waals surface area contributed by atoms with E-state index >= 15 is 0 Å². The highest BCUT2D eigenvalue weighted by molar-refractivity contribution is 6.36. The number of likely N-dealkylation sites (N-methyl/N-ethyl adjacent to an activating group) is 1. The van der Waals surface area contributed by atoms with Gasteiger partial charge in [0.25, 0.3) is 0 Å². The summed E-state index contributed by atoms with van der Waals surface area (Å²) in [5, 5.41) is 4.30. The van der Waals surface area contributed by atoms with Crippen molar-refractivity contribution in [3.05, 3.63) is 52.7 Å². The fraction of sp³-hybridized carbons (Fsp3) is 0.516. The van der Waals surface area contributed by atoms with E-state index in [1.165, 1.54) is 24.2 Å². The van der Waals surface area contributed by atoms with Gasteiger partial charge in [-0.3, -0.25) is 9.63 Å². The van der Waals surface area contributed by atoms with Crippen molar-refractivity contribution in [2.45, 2.75) is 44.7 Å². The molecule has 1 aromatic heterocycles. The van der Waals surface area contributed by atoms with Gasteiger partial charge in [-0.25, -0.2) is 5.06 Å². The summed E-state index contributed by atoms with van der Waals surface area (Å²) in [5.41, 5.74) is 3.30. The SMILES string of the molecule is CON(C)C(=O)C1CCN(c2nc(OC[C@@H]3CCCN3C)nc3c2CCN(c2cccc4cccc(Cl)c24)C3)CC1. The number of rotatable bonds is 7. The molecule has 9 nitrogen and oxygen atoms in total. The minimum atomic E-state index is -0.0471. The summed E-state index contributed by atoms with van der Waals surface area (Å²) < 4.78 is 6.29. The maximum atomic E-state index is 12.7. The molecule has 2 fully saturated rings. The van der Waals surface area contributed by atoms with E-state index in [9.17, 15) is 4.79 Å². The zero-order valence-electron chi connectivity index (χ0n) is 24.2. The van der Waals surface area contributed by atoms with E-state index in [0.29, 0.717) is 25.2 Å². The molecule has 4 heterocycles. The van der Waals surface area contributed by atoms with Gasteiger partial charge >= 0.3 is 6.01 Å². The zero-order valence-corrected chi connectivity index (χ0v) is 24.9. The minimum Gasteiger partial charge on any atom is -0.462 e. The molecule has 1 atom stereocenters. The topological polar surface area (TPSA) is 74.3 Å². The molecule has 0 aliphatic carbocycles. The molecule has 2 aromatic carbocycles. The summed E-state index contributed by atoms with van der Waals surface area (Å²) in [6.45, 7) is 4.68. The van der Waals surface area contributed by atoms with Crippen LogP contribution in [0, 0.1) is 5.92 Å². The van der Waals surface area contributed by atoms with Crippen molar-refractivity contribution in [2.75, 3.05) is 63.8 Å². The number of fused-ring (bicyclic) bond motifs is 2. The number of amides is 1. The first-order chi connectivity index (χ1) is 19.9. The Balaban J connectivity index is 1.29. The molecule has 0 unspecified atom stereocenters. The Morgan fingerprint density at radius 2 is 1.83 bits per heavy atom. The molecule has 0 N–H and O–H groups in total. The number of aromatic nitrogens is 2. The Hall–Kier alpha value is -3.14. The van der Waals surface area contributed by atoms with Crippen LogP contribution in [-0.4, -0.2) is 85.9 Å². The lowest BCUT2D eigenvalue weighted by molar-refractivity contribution is -0.174. The monoisotopic (exact) mass is 578 g/mol. The van der Waals surface area contributed by atoms with Crippen molar-refractivity contribution in [1.29, 1.82) is 0 Å². The highest BCUT2D eigenvalue weighted by Crippen LogP contribution is 2.37. The average molecular weight is 579 g/mol. The molecule has 3 aliphatic rings. The molecule has 0 bridgehead atoms. The molecule has 41 heavy (non-hydrogen) atoms. The van der Waals surface area contributed by atoms with E-state index in [2.05, 4.69) is 46.0 Å². The lowest BCUT2D eigenvalue weighted by Crippen LogP contribution is -2.42. The standard InChI is InChI=1S/C31H39ClN6O3/c1-35-15-6-9-23(35)20-41-31-33-26-19-38(27-11-5-8-21-7-4-10-25(32)28(21)27)18-14-24(26)29(34-31)37-16-12-22(13-17-37)30(39)36(2)40-3/h4-5,7-8,10-11,22-23H,6,9,12-20H2,1-3H3/t23-/m0/s1. The maximum Gasteiger partial charge on any atom is 0.318 e. The number of anilines is 2. The molecular formula is C31H39ClN6O3. The van der Waals surface area contributed by atoms with Crippen molar-refractivity contribution >= 4 is 39.8 Å². The molecule has 0 spiro atoms. The molecule has 2 saturated heterocycles. The van der Waals surface area contributed by atoms with E-state index < -0.39 is 0 Å². The molecule has 3 aliphatic heterocycles. The molecule has 0 radical (unpaired) electrons. The van der Waals surface area contributed by atoms with Gasteiger partial charge in [-0.15, -0.1) is 0 Å². The normalized spacial score (nSPS) is 20.0. The predicted molar refractivity (Wildman–Crippen MR) is 162 cm³/mol. The Morgan fingerprint density at radius 3 is 2.56 bits per heavy atom. The van der Waals surface area contributed by atoms with Gasteiger partial charge in [0.15, 0.2) is 0 Å². The van der Waals surface area contributed by atoms with Crippen LogP contribution in [0.1, 0.15) is 36.9 Å². The summed E-state index contributed by atoms with van der Waals surface area (Å²) in [6.07, 6.45) is 4.66. The molecular weight excluding hydrogens is 540 g/mol. The Labute approximate surface area is 246 Å². The lowest BCUT2D eigenvalue weighted by Gasteiger charge is -2.37. The van der Waals surface area contributed by atoms with Crippen LogP contribution in [0.4, 0.5) is 11.5 Å². The number of hydrogen-bond acceptors (Lipinski definition) is 8. The number of ether oxygens (including phenoxy) is 1. The number of halogens is 1. The first-order valence-electron chi connectivity index (χ1n) is 14.6. The van der Waals surface area contributed by atoms with Crippen molar-refractivity contribution in [2.24, 2.45) is 5.92 Å². The Kier molecular flexibility index (Phi) is 8.19. The first-order valence-corrected chi connectivity index (χ1v) is 15.0. The summed E-state index contributed by atoms with van der Waals surface area (Å²) in [4.78, 5) is 34.9. The fourth-order valence-electron chi connectivity index (χ4n) is 6.51. The number of nitrogens with zero attached hydrogens (tertiary/aromatic N) is 6. The van der Waals surface area contributed by atoms with Crippen LogP contribution in [0.5, 0.6) is 6.01 Å². The molecule has 0 saturated carbocycles. The second-order valence-electron chi connectivity index (χ2n) is 11.4. The maximum absolute atomic E-state index is 12.7. The average Bonchev–Trinajstić information content (AvgIpc) is 3.42. The van der Waals surface area contributed by atoms with E-state index in [0.717, 1.165) is 84.9 Å². The molecule has 3 aromatic rings. The van der Waals surface area contributed by atoms with Crippen LogP contribution in [0.3, 0.4) is 0 Å². The van der Waals surface area contributed by atoms with E-state index in [1.807, 2.05) is 12.1 Å². The number of hydroxylamine groups is 2. The van der Waals surface area contributed by atoms with Crippen LogP contribution in [-0.2, 0) is 22.6 Å². The molecule has 1 amide bonds. The highest BCUT2D eigenvalue weighted by Gasteiger charge is 2.32. The largest absolute Gasteiger partial charge is 0.462 e. The van der Waals surface area contributed by atoms with Gasteiger partial charge in [-0.05, 0) is 63.2 Å². The van der Waals surface area contributed by atoms with Gasteiger partial charge in [0.1, 0.15) is 12.4 Å². The third kappa shape index (κ3) is 5.67. The molecule has 6 rings (SSSR count). The second kappa shape index (κ2) is 12.0. The van der Waals surface area contributed by atoms with Gasteiger partial charge in [0.2, 0.25) is 5.91 Å². The summed E-state index contributed by atoms with van der Waals surface area (Å²) in [6, 6.07) is 13.2. The van der Waals surface area contributed by atoms with E-state index in [4.69, 9.17) is 31.1 Å². The molecule has 10 heteroatoms. The third-order valence-electron chi connectivity index (χ3n) is 9.00. The van der Waals surface area contributed by atoms with Crippen LogP contribution in [0.25, 0.3) is 10.8 Å². The highest BCUT2D eigenvalue weighted by atomic mass is 35.5. The second-order valence-corrected chi connectivity index (χ2v) is 11.8. The van der Waals surface area contributed by atoms with Crippen LogP contribution in [0.2, 0.25) is 5.02 Å². The van der Waals surface area contributed by atoms with Gasteiger partial charge in [-0.1, -0.05) is 35.9 Å². The van der Waals surface area contributed by atoms with Crippen LogP contribution < -0.4 is 14.5 Å². The zero-order chi connectivity index (χ0) is 28.5. The first kappa shape index (κ1) is 28.0. The predicted octanol–water partition coefficient (Wildman–Crippen LogP) is 4.56. The van der Waals surface area contributed by atoms with E-state index in [-0.39, 0.29) is 11.8 Å².